The molecule has 3 nitrogen and oxygen atoms in total. The van der Waals surface area contributed by atoms with Gasteiger partial charge in [-0.05, 0) is 25.8 Å². The highest BCUT2D eigenvalue weighted by molar-refractivity contribution is 5.79. The summed E-state index contributed by atoms with van der Waals surface area (Å²) in [6.45, 7) is 1.88. The first-order chi connectivity index (χ1) is 6.86. The van der Waals surface area contributed by atoms with Crippen LogP contribution in [0.25, 0.3) is 0 Å². The fourth-order valence-electron chi connectivity index (χ4n) is 2.44. The summed E-state index contributed by atoms with van der Waals surface area (Å²) in [5.41, 5.74) is 0. The summed E-state index contributed by atoms with van der Waals surface area (Å²) in [6, 6.07) is 0.469. The van der Waals surface area contributed by atoms with Crippen molar-refractivity contribution in [2.24, 2.45) is 5.92 Å². The summed E-state index contributed by atoms with van der Waals surface area (Å²) in [6.07, 6.45) is 7.30. The van der Waals surface area contributed by atoms with E-state index in [-0.39, 0.29) is 11.8 Å². The maximum Gasteiger partial charge on any atom is 0.224 e. The lowest BCUT2D eigenvalue weighted by Crippen LogP contribution is -2.40. The number of hydrogen-bond donors (Lipinski definition) is 2. The van der Waals surface area contributed by atoms with Gasteiger partial charge >= 0.3 is 0 Å². The number of nitrogens with one attached hydrogen (secondary N) is 2. The van der Waals surface area contributed by atoms with Crippen molar-refractivity contribution >= 4 is 5.91 Å². The molecule has 0 aromatic heterocycles. The summed E-state index contributed by atoms with van der Waals surface area (Å²) >= 11 is 0. The maximum atomic E-state index is 11.8. The average Bonchev–Trinajstić information content (AvgIpc) is 2.72. The van der Waals surface area contributed by atoms with Crippen LogP contribution < -0.4 is 10.6 Å². The third kappa shape index (κ3) is 2.47. The zero-order valence-electron chi connectivity index (χ0n) is 8.72. The lowest BCUT2D eigenvalue weighted by molar-refractivity contribution is -0.125. The Balaban J connectivity index is 1.75. The number of carbonyl (C=O) groups excluding carboxylic acids is 1. The normalized spacial score (nSPS) is 29.0. The van der Waals surface area contributed by atoms with Crippen LogP contribution in [0.15, 0.2) is 0 Å². The quantitative estimate of drug-likeness (QED) is 0.693. The minimum absolute atomic E-state index is 0.233. The van der Waals surface area contributed by atoms with Crippen LogP contribution in [-0.2, 0) is 4.79 Å². The standard InChI is InChI=1S/C11H20N2O/c14-11(9-6-7-12-8-9)13-10-4-2-1-3-5-10/h9-10,12H,1-8H2,(H,13,14)/t9-/m1/s1. The monoisotopic (exact) mass is 196 g/mol. The molecule has 0 aromatic rings. The highest BCUT2D eigenvalue weighted by Gasteiger charge is 2.24. The molecule has 1 aliphatic carbocycles. The summed E-state index contributed by atoms with van der Waals surface area (Å²) < 4.78 is 0. The second-order valence-electron chi connectivity index (χ2n) is 4.53. The van der Waals surface area contributed by atoms with Crippen molar-refractivity contribution in [1.82, 2.24) is 10.6 Å². The molecule has 0 aromatic carbocycles. The first-order valence-electron chi connectivity index (χ1n) is 5.87. The minimum atomic E-state index is 0.233. The van der Waals surface area contributed by atoms with Crippen molar-refractivity contribution in [2.45, 2.75) is 44.6 Å². The Labute approximate surface area is 85.6 Å². The Kier molecular flexibility index (Phi) is 3.40. The largest absolute Gasteiger partial charge is 0.353 e. The molecule has 3 heteroatoms. The average molecular weight is 196 g/mol. The van der Waals surface area contributed by atoms with Crippen LogP contribution in [0.4, 0.5) is 0 Å². The van der Waals surface area contributed by atoms with E-state index in [9.17, 15) is 4.79 Å². The second-order valence-corrected chi connectivity index (χ2v) is 4.53. The highest BCUT2D eigenvalue weighted by atomic mass is 16.2. The van der Waals surface area contributed by atoms with E-state index in [4.69, 9.17) is 0 Å². The van der Waals surface area contributed by atoms with Gasteiger partial charge in [0.15, 0.2) is 0 Å². The number of amides is 1. The molecule has 1 amide bonds. The maximum absolute atomic E-state index is 11.8. The highest BCUT2D eigenvalue weighted by Crippen LogP contribution is 2.18. The molecule has 14 heavy (non-hydrogen) atoms. The molecule has 2 rings (SSSR count). The summed E-state index contributed by atoms with van der Waals surface area (Å²) in [4.78, 5) is 11.8. The molecule has 2 fully saturated rings. The molecule has 1 aliphatic heterocycles. The topological polar surface area (TPSA) is 41.1 Å². The Hall–Kier alpha value is -0.570. The SMILES string of the molecule is O=C(NC1CCCCC1)[C@@H]1CCNC1. The van der Waals surface area contributed by atoms with Gasteiger partial charge in [0.25, 0.3) is 0 Å². The zero-order valence-corrected chi connectivity index (χ0v) is 8.72. The summed E-state index contributed by atoms with van der Waals surface area (Å²) in [5.74, 6) is 0.513. The smallest absolute Gasteiger partial charge is 0.224 e. The van der Waals surface area contributed by atoms with Gasteiger partial charge in [-0.2, -0.15) is 0 Å². The van der Waals surface area contributed by atoms with Crippen LogP contribution in [-0.4, -0.2) is 25.0 Å². The van der Waals surface area contributed by atoms with E-state index in [1.54, 1.807) is 0 Å². The van der Waals surface area contributed by atoms with Crippen molar-refractivity contribution < 1.29 is 4.79 Å². The van der Waals surface area contributed by atoms with Crippen LogP contribution in [0.1, 0.15) is 38.5 Å². The van der Waals surface area contributed by atoms with E-state index in [0.717, 1.165) is 19.5 Å². The predicted octanol–water partition coefficient (Wildman–Crippen LogP) is 1.04. The van der Waals surface area contributed by atoms with Gasteiger partial charge < -0.3 is 10.6 Å². The number of carbonyl (C=O) groups is 1. The molecule has 1 saturated heterocycles. The molecular weight excluding hydrogens is 176 g/mol. The Morgan fingerprint density at radius 2 is 1.93 bits per heavy atom. The molecular formula is C11H20N2O. The van der Waals surface area contributed by atoms with Gasteiger partial charge in [0.1, 0.15) is 0 Å². The van der Waals surface area contributed by atoms with E-state index >= 15 is 0 Å². The molecule has 1 atom stereocenters. The number of rotatable bonds is 2. The van der Waals surface area contributed by atoms with E-state index < -0.39 is 0 Å². The molecule has 0 unspecified atom stereocenters. The van der Waals surface area contributed by atoms with E-state index in [1.165, 1.54) is 32.1 Å². The Bertz CT molecular complexity index is 193. The molecule has 1 heterocycles. The molecule has 2 aliphatic rings. The van der Waals surface area contributed by atoms with Gasteiger partial charge in [0.2, 0.25) is 5.91 Å². The Morgan fingerprint density at radius 1 is 1.14 bits per heavy atom. The predicted molar refractivity (Wildman–Crippen MR) is 56.0 cm³/mol. The fraction of sp³-hybridized carbons (Fsp3) is 0.909. The Morgan fingerprint density at radius 3 is 2.57 bits per heavy atom. The third-order valence-electron chi connectivity index (χ3n) is 3.38. The van der Waals surface area contributed by atoms with Crippen molar-refractivity contribution in [2.75, 3.05) is 13.1 Å². The van der Waals surface area contributed by atoms with Crippen LogP contribution in [0, 0.1) is 5.92 Å². The van der Waals surface area contributed by atoms with Crippen LogP contribution in [0.2, 0.25) is 0 Å². The van der Waals surface area contributed by atoms with Crippen LogP contribution in [0.3, 0.4) is 0 Å². The molecule has 80 valence electrons. The summed E-state index contributed by atoms with van der Waals surface area (Å²) in [5, 5.41) is 6.41. The van der Waals surface area contributed by atoms with Crippen molar-refractivity contribution in [3.8, 4) is 0 Å². The van der Waals surface area contributed by atoms with Crippen molar-refractivity contribution in [1.29, 1.82) is 0 Å². The molecule has 1 saturated carbocycles. The van der Waals surface area contributed by atoms with Gasteiger partial charge in [0.05, 0.1) is 5.92 Å². The first-order valence-corrected chi connectivity index (χ1v) is 5.87. The lowest BCUT2D eigenvalue weighted by atomic mass is 9.95. The third-order valence-corrected chi connectivity index (χ3v) is 3.38. The van der Waals surface area contributed by atoms with Gasteiger partial charge in [-0.3, -0.25) is 4.79 Å². The second kappa shape index (κ2) is 4.78. The van der Waals surface area contributed by atoms with Gasteiger partial charge in [-0.1, -0.05) is 19.3 Å². The van der Waals surface area contributed by atoms with E-state index in [2.05, 4.69) is 10.6 Å². The molecule has 0 spiro atoms. The molecule has 2 N–H and O–H groups in total. The summed E-state index contributed by atoms with van der Waals surface area (Å²) in [7, 11) is 0. The van der Waals surface area contributed by atoms with Crippen molar-refractivity contribution in [3.63, 3.8) is 0 Å². The first kappa shape index (κ1) is 9.97. The zero-order chi connectivity index (χ0) is 9.80. The molecule has 0 bridgehead atoms. The minimum Gasteiger partial charge on any atom is -0.353 e. The van der Waals surface area contributed by atoms with Crippen LogP contribution in [0.5, 0.6) is 0 Å². The molecule has 0 radical (unpaired) electrons. The van der Waals surface area contributed by atoms with Gasteiger partial charge in [-0.15, -0.1) is 0 Å². The fourth-order valence-corrected chi connectivity index (χ4v) is 2.44. The lowest BCUT2D eigenvalue weighted by Gasteiger charge is -2.24. The van der Waals surface area contributed by atoms with E-state index in [0.29, 0.717) is 6.04 Å². The van der Waals surface area contributed by atoms with Gasteiger partial charge in [0, 0.05) is 12.6 Å². The van der Waals surface area contributed by atoms with Crippen LogP contribution >= 0.6 is 0 Å². The van der Waals surface area contributed by atoms with Crippen molar-refractivity contribution in [3.05, 3.63) is 0 Å². The van der Waals surface area contributed by atoms with E-state index in [1.807, 2.05) is 0 Å². The van der Waals surface area contributed by atoms with Gasteiger partial charge in [-0.25, -0.2) is 0 Å². The number of hydrogen-bond acceptors (Lipinski definition) is 2.